The molecule has 10 heteroatoms. The zero-order chi connectivity index (χ0) is 28.9. The number of esters is 2. The molecule has 2 aliphatic heterocycles. The zero-order valence-corrected chi connectivity index (χ0v) is 24.5. The lowest BCUT2D eigenvalue weighted by Crippen LogP contribution is -2.48. The average molecular weight is 596 g/mol. The Balaban J connectivity index is 0.000000258. The maximum Gasteiger partial charge on any atom is 0.325 e. The Morgan fingerprint density at radius 3 is 2.07 bits per heavy atom. The maximum absolute atomic E-state index is 12.5. The van der Waals surface area contributed by atoms with Gasteiger partial charge in [0.05, 0.1) is 7.11 Å². The lowest BCUT2D eigenvalue weighted by molar-refractivity contribution is -0.151. The van der Waals surface area contributed by atoms with E-state index in [0.717, 1.165) is 36.9 Å². The number of ether oxygens (including phenoxy) is 3. The van der Waals surface area contributed by atoms with Crippen LogP contribution in [-0.4, -0.2) is 55.1 Å². The molecule has 0 bridgehead atoms. The summed E-state index contributed by atoms with van der Waals surface area (Å²) in [6.45, 7) is 2.14. The van der Waals surface area contributed by atoms with Crippen molar-refractivity contribution >= 4 is 30.3 Å². The van der Waals surface area contributed by atoms with E-state index in [0.29, 0.717) is 30.9 Å². The Morgan fingerprint density at radius 2 is 1.48 bits per heavy atom. The molecule has 2 atom stereocenters. The lowest BCUT2D eigenvalue weighted by atomic mass is 10.2. The Hall–Kier alpha value is -3.92. The SMILES string of the molecule is COc1cccc(C(=O)NN2CCC[C@H]2C(=O)OCc2ccccc2)c1.Cl.O=C(OCc1ccccc1)[C@@H]1CCCN1. The molecule has 3 aromatic carbocycles. The number of halogens is 1. The Kier molecular flexibility index (Phi) is 13.3. The van der Waals surface area contributed by atoms with Gasteiger partial charge in [-0.3, -0.25) is 19.8 Å². The number of hydrogen-bond donors (Lipinski definition) is 2. The highest BCUT2D eigenvalue weighted by Gasteiger charge is 2.33. The molecule has 9 nitrogen and oxygen atoms in total. The van der Waals surface area contributed by atoms with E-state index in [9.17, 15) is 14.4 Å². The molecule has 5 rings (SSSR count). The van der Waals surface area contributed by atoms with Gasteiger partial charge in [-0.1, -0.05) is 66.7 Å². The van der Waals surface area contributed by atoms with Crippen molar-refractivity contribution in [3.8, 4) is 5.75 Å². The minimum atomic E-state index is -0.465. The predicted octanol–water partition coefficient (Wildman–Crippen LogP) is 4.45. The van der Waals surface area contributed by atoms with Gasteiger partial charge in [0.15, 0.2) is 0 Å². The first-order valence-corrected chi connectivity index (χ1v) is 13.9. The molecule has 0 spiro atoms. The summed E-state index contributed by atoms with van der Waals surface area (Å²) in [6.07, 6.45) is 3.44. The highest BCUT2D eigenvalue weighted by molar-refractivity contribution is 5.94. The number of hydrogen-bond acceptors (Lipinski definition) is 8. The number of methoxy groups -OCH3 is 1. The highest BCUT2D eigenvalue weighted by Crippen LogP contribution is 2.19. The largest absolute Gasteiger partial charge is 0.497 e. The topological polar surface area (TPSA) is 106 Å². The smallest absolute Gasteiger partial charge is 0.325 e. The van der Waals surface area contributed by atoms with Crippen LogP contribution in [0.5, 0.6) is 5.75 Å². The second-order valence-corrected chi connectivity index (χ2v) is 9.86. The first-order chi connectivity index (χ1) is 20.0. The van der Waals surface area contributed by atoms with Crippen molar-refractivity contribution in [2.45, 2.75) is 51.0 Å². The van der Waals surface area contributed by atoms with Gasteiger partial charge in [0.25, 0.3) is 5.91 Å². The fraction of sp³-hybridized carbons (Fsp3) is 0.344. The monoisotopic (exact) mass is 595 g/mol. The van der Waals surface area contributed by atoms with E-state index in [1.165, 1.54) is 0 Å². The van der Waals surface area contributed by atoms with Gasteiger partial charge in [0.2, 0.25) is 0 Å². The fourth-order valence-electron chi connectivity index (χ4n) is 4.64. The molecular formula is C32H38ClN3O6. The molecule has 0 unspecified atom stereocenters. The third-order valence-corrected chi connectivity index (χ3v) is 6.89. The number of amides is 1. The van der Waals surface area contributed by atoms with E-state index in [2.05, 4.69) is 10.7 Å². The molecule has 0 aliphatic carbocycles. The van der Waals surface area contributed by atoms with Crippen LogP contribution < -0.4 is 15.5 Å². The number of hydrazine groups is 1. The Labute approximate surface area is 252 Å². The third-order valence-electron chi connectivity index (χ3n) is 6.89. The van der Waals surface area contributed by atoms with Crippen molar-refractivity contribution in [3.63, 3.8) is 0 Å². The summed E-state index contributed by atoms with van der Waals surface area (Å²) in [7, 11) is 1.55. The number of carbonyl (C=O) groups is 3. The van der Waals surface area contributed by atoms with Gasteiger partial charge in [-0.15, -0.1) is 12.4 Å². The second kappa shape index (κ2) is 17.1. The van der Waals surface area contributed by atoms with Crippen LogP contribution in [0.3, 0.4) is 0 Å². The van der Waals surface area contributed by atoms with Gasteiger partial charge in [-0.05, 0) is 61.6 Å². The Bertz CT molecular complexity index is 1270. The van der Waals surface area contributed by atoms with E-state index in [-0.39, 0.29) is 42.9 Å². The van der Waals surface area contributed by atoms with Crippen molar-refractivity contribution in [1.29, 1.82) is 0 Å². The fourth-order valence-corrected chi connectivity index (χ4v) is 4.64. The number of carbonyl (C=O) groups excluding carboxylic acids is 3. The van der Waals surface area contributed by atoms with E-state index < -0.39 is 6.04 Å². The van der Waals surface area contributed by atoms with Gasteiger partial charge >= 0.3 is 11.9 Å². The lowest BCUT2D eigenvalue weighted by Gasteiger charge is -2.23. The van der Waals surface area contributed by atoms with Crippen LogP contribution in [0.1, 0.15) is 47.2 Å². The summed E-state index contributed by atoms with van der Waals surface area (Å²) < 4.78 is 15.8. The molecule has 0 saturated carbocycles. The molecule has 3 aromatic rings. The van der Waals surface area contributed by atoms with Crippen LogP contribution in [0.25, 0.3) is 0 Å². The van der Waals surface area contributed by atoms with Crippen molar-refractivity contribution in [1.82, 2.24) is 15.8 Å². The van der Waals surface area contributed by atoms with Crippen LogP contribution in [0, 0.1) is 0 Å². The zero-order valence-electron chi connectivity index (χ0n) is 23.7. The molecule has 2 heterocycles. The van der Waals surface area contributed by atoms with Crippen LogP contribution in [0.15, 0.2) is 84.9 Å². The van der Waals surface area contributed by atoms with E-state index in [1.807, 2.05) is 60.7 Å². The van der Waals surface area contributed by atoms with E-state index >= 15 is 0 Å². The molecule has 224 valence electrons. The number of rotatable bonds is 9. The standard InChI is InChI=1S/C20H22N2O4.C12H15NO2.ClH/c1-25-17-10-5-9-16(13-17)19(23)21-22-12-6-11-18(22)20(24)26-14-15-7-3-2-4-8-15;14-12(11-7-4-8-13-11)15-9-10-5-2-1-3-6-10;/h2-5,7-10,13,18H,6,11-12,14H2,1H3,(H,21,23);1-3,5-6,11,13H,4,7-9H2;1H/t18-;11-;/m00./s1. The molecule has 2 fully saturated rings. The molecular weight excluding hydrogens is 558 g/mol. The molecule has 0 aromatic heterocycles. The number of nitrogens with one attached hydrogen (secondary N) is 2. The van der Waals surface area contributed by atoms with Gasteiger partial charge in [-0.2, -0.15) is 0 Å². The van der Waals surface area contributed by atoms with Gasteiger partial charge in [-0.25, -0.2) is 5.01 Å². The van der Waals surface area contributed by atoms with Gasteiger partial charge < -0.3 is 19.5 Å². The van der Waals surface area contributed by atoms with Crippen LogP contribution >= 0.6 is 12.4 Å². The molecule has 42 heavy (non-hydrogen) atoms. The van der Waals surface area contributed by atoms with Crippen molar-refractivity contribution in [3.05, 3.63) is 102 Å². The first-order valence-electron chi connectivity index (χ1n) is 13.9. The van der Waals surface area contributed by atoms with Crippen LogP contribution in [0.2, 0.25) is 0 Å². The quantitative estimate of drug-likeness (QED) is 0.350. The minimum Gasteiger partial charge on any atom is -0.497 e. The van der Waals surface area contributed by atoms with Crippen molar-refractivity contribution in [2.24, 2.45) is 0 Å². The molecule has 2 aliphatic rings. The normalized spacial score (nSPS) is 17.6. The highest BCUT2D eigenvalue weighted by atomic mass is 35.5. The second-order valence-electron chi connectivity index (χ2n) is 9.86. The summed E-state index contributed by atoms with van der Waals surface area (Å²) in [5, 5.41) is 4.78. The number of benzene rings is 3. The first kappa shape index (κ1) is 32.6. The van der Waals surface area contributed by atoms with Gasteiger partial charge in [0, 0.05) is 12.1 Å². The van der Waals surface area contributed by atoms with Crippen LogP contribution in [-0.2, 0) is 32.3 Å². The molecule has 0 radical (unpaired) electrons. The third kappa shape index (κ3) is 9.87. The molecule has 2 saturated heterocycles. The summed E-state index contributed by atoms with van der Waals surface area (Å²) in [5.74, 6) is -0.113. The molecule has 2 N–H and O–H groups in total. The molecule has 1 amide bonds. The van der Waals surface area contributed by atoms with Gasteiger partial charge in [0.1, 0.15) is 31.0 Å². The summed E-state index contributed by atoms with van der Waals surface area (Å²) in [5.41, 5.74) is 5.26. The summed E-state index contributed by atoms with van der Waals surface area (Å²) in [6, 6.07) is 25.6. The van der Waals surface area contributed by atoms with Crippen molar-refractivity contribution < 1.29 is 28.6 Å². The van der Waals surface area contributed by atoms with Crippen molar-refractivity contribution in [2.75, 3.05) is 20.2 Å². The van der Waals surface area contributed by atoms with Crippen LogP contribution in [0.4, 0.5) is 0 Å². The summed E-state index contributed by atoms with van der Waals surface area (Å²) >= 11 is 0. The minimum absolute atomic E-state index is 0. The maximum atomic E-state index is 12.5. The van der Waals surface area contributed by atoms with E-state index in [4.69, 9.17) is 14.2 Å². The number of nitrogens with zero attached hydrogens (tertiary/aromatic N) is 1. The summed E-state index contributed by atoms with van der Waals surface area (Å²) in [4.78, 5) is 36.4. The predicted molar refractivity (Wildman–Crippen MR) is 161 cm³/mol. The Morgan fingerprint density at radius 1 is 0.833 bits per heavy atom. The average Bonchev–Trinajstić information content (AvgIpc) is 3.73. The van der Waals surface area contributed by atoms with E-state index in [1.54, 1.807) is 36.4 Å².